The van der Waals surface area contributed by atoms with E-state index in [1.54, 1.807) is 0 Å². The zero-order valence-corrected chi connectivity index (χ0v) is 23.7. The van der Waals surface area contributed by atoms with E-state index in [0.29, 0.717) is 10.7 Å². The number of anilines is 1. The van der Waals surface area contributed by atoms with Crippen molar-refractivity contribution in [1.29, 1.82) is 0 Å². The van der Waals surface area contributed by atoms with Crippen LogP contribution in [0.1, 0.15) is 70.6 Å². The predicted molar refractivity (Wildman–Crippen MR) is 164 cm³/mol. The second-order valence-electron chi connectivity index (χ2n) is 11.2. The maximum absolute atomic E-state index is 14.2. The maximum atomic E-state index is 14.2. The number of nitrogens with one attached hydrogen (secondary N) is 2. The van der Waals surface area contributed by atoms with Crippen LogP contribution in [0.2, 0.25) is 0 Å². The van der Waals surface area contributed by atoms with Gasteiger partial charge in [-0.2, -0.15) is 0 Å². The van der Waals surface area contributed by atoms with Crippen LogP contribution < -0.4 is 10.6 Å². The molecule has 2 unspecified atom stereocenters. The topological polar surface area (TPSA) is 71.1 Å². The highest BCUT2D eigenvalue weighted by Crippen LogP contribution is 2.62. The lowest BCUT2D eigenvalue weighted by atomic mass is 9.51. The number of allylic oxidation sites excluding steroid dienone is 2. The molecule has 2 amide bonds. The number of hydrogen-bond donors (Lipinski definition) is 2. The third-order valence-corrected chi connectivity index (χ3v) is 9.77. The minimum Gasteiger partial charge on any atom is -0.346 e. The molecule has 1 aromatic heterocycles. The molecule has 4 aliphatic carbocycles. The average Bonchev–Trinajstić information content (AvgIpc) is 3.50. The van der Waals surface area contributed by atoms with E-state index in [9.17, 15) is 9.59 Å². The van der Waals surface area contributed by atoms with Gasteiger partial charge in [-0.25, -0.2) is 4.98 Å². The summed E-state index contributed by atoms with van der Waals surface area (Å²) in [6, 6.07) is 24.7. The maximum Gasteiger partial charge on any atom is 0.251 e. The van der Waals surface area contributed by atoms with Gasteiger partial charge in [-0.05, 0) is 53.6 Å². The van der Waals surface area contributed by atoms with Crippen molar-refractivity contribution in [2.75, 3.05) is 5.32 Å². The van der Waals surface area contributed by atoms with Crippen LogP contribution in [0.15, 0.2) is 102 Å². The summed E-state index contributed by atoms with van der Waals surface area (Å²) in [5, 5.41) is 8.79. The second kappa shape index (κ2) is 10.3. The number of aromatic nitrogens is 1. The largest absolute Gasteiger partial charge is 0.346 e. The smallest absolute Gasteiger partial charge is 0.251 e. The first-order valence-electron chi connectivity index (χ1n) is 14.3. The lowest BCUT2D eigenvalue weighted by Gasteiger charge is -2.52. The summed E-state index contributed by atoms with van der Waals surface area (Å²) in [6.45, 7) is 2.13. The van der Waals surface area contributed by atoms with Crippen molar-refractivity contribution in [3.8, 4) is 11.3 Å². The minimum atomic E-state index is -0.556. The van der Waals surface area contributed by atoms with Crippen molar-refractivity contribution in [3.05, 3.63) is 130 Å². The summed E-state index contributed by atoms with van der Waals surface area (Å²) in [5.41, 5.74) is 6.87. The Labute approximate surface area is 244 Å². The number of hydrogen-bond acceptors (Lipinski definition) is 4. The zero-order chi connectivity index (χ0) is 28.0. The Morgan fingerprint density at radius 3 is 2.37 bits per heavy atom. The normalized spacial score (nSPS) is 23.5. The van der Waals surface area contributed by atoms with Crippen molar-refractivity contribution in [1.82, 2.24) is 10.3 Å². The number of amides is 2. The summed E-state index contributed by atoms with van der Waals surface area (Å²) in [4.78, 5) is 31.9. The van der Waals surface area contributed by atoms with E-state index in [-0.39, 0.29) is 29.7 Å². The quantitative estimate of drug-likeness (QED) is 0.259. The van der Waals surface area contributed by atoms with Gasteiger partial charge in [0.2, 0.25) is 5.91 Å². The van der Waals surface area contributed by atoms with E-state index in [2.05, 4.69) is 66.1 Å². The first-order chi connectivity index (χ1) is 20.1. The van der Waals surface area contributed by atoms with Crippen LogP contribution in [0.5, 0.6) is 0 Å². The molecule has 4 aromatic rings. The van der Waals surface area contributed by atoms with Crippen LogP contribution in [-0.2, 0) is 4.79 Å². The molecule has 41 heavy (non-hydrogen) atoms. The van der Waals surface area contributed by atoms with Crippen molar-refractivity contribution in [2.24, 2.45) is 5.41 Å². The molecular formula is C35H31N3O2S. The van der Waals surface area contributed by atoms with Crippen LogP contribution in [0.4, 0.5) is 5.13 Å². The molecule has 2 N–H and O–H groups in total. The Hall–Kier alpha value is -4.29. The fraction of sp³-hybridized carbons (Fsp3) is 0.229. The monoisotopic (exact) mass is 557 g/mol. The van der Waals surface area contributed by atoms with Gasteiger partial charge in [0, 0.05) is 28.3 Å². The molecule has 1 heterocycles. The summed E-state index contributed by atoms with van der Waals surface area (Å²) < 4.78 is 0. The van der Waals surface area contributed by atoms with E-state index in [1.165, 1.54) is 33.6 Å². The third-order valence-electron chi connectivity index (χ3n) is 9.01. The first kappa shape index (κ1) is 25.7. The molecule has 2 bridgehead atoms. The van der Waals surface area contributed by atoms with E-state index >= 15 is 0 Å². The van der Waals surface area contributed by atoms with Gasteiger partial charge >= 0.3 is 0 Å². The molecule has 2 atom stereocenters. The Morgan fingerprint density at radius 2 is 1.68 bits per heavy atom. The van der Waals surface area contributed by atoms with E-state index < -0.39 is 5.41 Å². The number of rotatable bonds is 6. The zero-order valence-electron chi connectivity index (χ0n) is 22.8. The van der Waals surface area contributed by atoms with Crippen LogP contribution in [0.3, 0.4) is 0 Å². The van der Waals surface area contributed by atoms with Crippen LogP contribution >= 0.6 is 11.3 Å². The number of nitrogens with zero attached hydrogens (tertiary/aromatic N) is 1. The molecule has 0 fully saturated rings. The molecule has 5 nitrogen and oxygen atoms in total. The van der Waals surface area contributed by atoms with Gasteiger partial charge in [0.15, 0.2) is 5.13 Å². The average molecular weight is 558 g/mol. The van der Waals surface area contributed by atoms with Crippen molar-refractivity contribution in [3.63, 3.8) is 0 Å². The molecule has 8 rings (SSSR count). The Balaban J connectivity index is 1.14. The van der Waals surface area contributed by atoms with Gasteiger partial charge in [-0.3, -0.25) is 9.59 Å². The highest BCUT2D eigenvalue weighted by molar-refractivity contribution is 7.14. The number of carbonyl (C=O) groups is 2. The molecule has 204 valence electrons. The first-order valence-corrected chi connectivity index (χ1v) is 15.1. The van der Waals surface area contributed by atoms with Crippen molar-refractivity contribution < 1.29 is 9.59 Å². The number of benzene rings is 3. The molecule has 0 saturated carbocycles. The molecule has 0 aliphatic heterocycles. The fourth-order valence-electron chi connectivity index (χ4n) is 6.99. The Bertz CT molecular complexity index is 1670. The molecular weight excluding hydrogens is 526 g/mol. The Morgan fingerprint density at radius 1 is 0.951 bits per heavy atom. The van der Waals surface area contributed by atoms with Gasteiger partial charge in [-0.1, -0.05) is 91.9 Å². The lowest BCUT2D eigenvalue weighted by Crippen LogP contribution is -2.48. The van der Waals surface area contributed by atoms with Gasteiger partial charge in [0.1, 0.15) is 0 Å². The number of thiazole rings is 1. The number of carbonyl (C=O) groups excluding carboxylic acids is 2. The summed E-state index contributed by atoms with van der Waals surface area (Å²) >= 11 is 1.42. The molecule has 6 heteroatoms. The van der Waals surface area contributed by atoms with Gasteiger partial charge < -0.3 is 10.6 Å². The van der Waals surface area contributed by atoms with Crippen molar-refractivity contribution in [2.45, 2.75) is 44.1 Å². The van der Waals surface area contributed by atoms with Gasteiger partial charge in [0.25, 0.3) is 5.91 Å². The summed E-state index contributed by atoms with van der Waals surface area (Å²) in [7, 11) is 0. The predicted octanol–water partition coefficient (Wildman–Crippen LogP) is 7.44. The van der Waals surface area contributed by atoms with E-state index in [0.717, 1.165) is 30.5 Å². The van der Waals surface area contributed by atoms with Crippen LogP contribution in [-0.4, -0.2) is 22.8 Å². The molecule has 0 spiro atoms. The van der Waals surface area contributed by atoms with Crippen LogP contribution in [0, 0.1) is 5.41 Å². The van der Waals surface area contributed by atoms with E-state index in [4.69, 9.17) is 4.98 Å². The van der Waals surface area contributed by atoms with Crippen molar-refractivity contribution >= 4 is 28.3 Å². The lowest BCUT2D eigenvalue weighted by molar-refractivity contribution is -0.128. The Kier molecular flexibility index (Phi) is 6.43. The summed E-state index contributed by atoms with van der Waals surface area (Å²) in [5.74, 6) is 0.133. The van der Waals surface area contributed by atoms with E-state index in [1.807, 2.05) is 53.9 Å². The number of fused-ring (bicyclic) bond motifs is 1. The van der Waals surface area contributed by atoms with Gasteiger partial charge in [0.05, 0.1) is 17.2 Å². The standard InChI is InChI=1S/C35H31N3O2S/c1-2-35(20-29-25-15-6-8-17-27(25)31(35)28-18-9-7-16-26(28)29)33(40)38-34-37-30(21-41-34)22-11-10-12-23(19-22)32(39)36-24-13-4-3-5-14-24/h3-13,15-19,21,24,29,31H,2,14,20H2,1H3,(H,36,39)(H,37,38,40). The molecule has 4 aliphatic rings. The highest BCUT2D eigenvalue weighted by Gasteiger charge is 2.55. The second-order valence-corrected chi connectivity index (χ2v) is 12.0. The SMILES string of the molecule is CCC1(C(=O)Nc2nc(-c3cccc(C(=O)NC4C=CC=CC4)c3)cs2)CC2c3ccccc3C1c1ccccc12. The highest BCUT2D eigenvalue weighted by atomic mass is 32.1. The molecule has 0 saturated heterocycles. The van der Waals surface area contributed by atoms with Crippen LogP contribution in [0.25, 0.3) is 11.3 Å². The van der Waals surface area contributed by atoms with Gasteiger partial charge in [-0.15, -0.1) is 11.3 Å². The third kappa shape index (κ3) is 4.34. The molecule has 3 aromatic carbocycles. The molecule has 0 radical (unpaired) electrons. The summed E-state index contributed by atoms with van der Waals surface area (Å²) in [6.07, 6.45) is 10.3. The fourth-order valence-corrected chi connectivity index (χ4v) is 7.71. The minimum absolute atomic E-state index is 0.00267.